The summed E-state index contributed by atoms with van der Waals surface area (Å²) in [5, 5.41) is 3.61. The monoisotopic (exact) mass is 278 g/mol. The molecule has 1 aromatic carbocycles. The predicted octanol–water partition coefficient (Wildman–Crippen LogP) is 2.95. The van der Waals surface area contributed by atoms with Crippen LogP contribution in [0, 0.1) is 0 Å². The lowest BCUT2D eigenvalue weighted by Gasteiger charge is -2.23. The molecule has 1 unspecified atom stereocenters. The van der Waals surface area contributed by atoms with Gasteiger partial charge >= 0.3 is 0 Å². The van der Waals surface area contributed by atoms with Crippen molar-refractivity contribution >= 4 is 0 Å². The summed E-state index contributed by atoms with van der Waals surface area (Å²) in [5.74, 6) is 0.930. The standard InChI is InChI=1S/C17H30N2O/c1-5-19(6-2)14-15(3)18-13-7-8-16-9-11-17(20-4)12-10-16/h9-12,15,18H,5-8,13-14H2,1-4H3. The van der Waals surface area contributed by atoms with E-state index in [1.165, 1.54) is 12.0 Å². The molecule has 1 rings (SSSR count). The molecule has 0 aliphatic carbocycles. The molecule has 0 amide bonds. The minimum atomic E-state index is 0.561. The zero-order valence-electron chi connectivity index (χ0n) is 13.5. The molecule has 20 heavy (non-hydrogen) atoms. The van der Waals surface area contributed by atoms with Gasteiger partial charge in [0.25, 0.3) is 0 Å². The van der Waals surface area contributed by atoms with E-state index in [2.05, 4.69) is 43.1 Å². The highest BCUT2D eigenvalue weighted by molar-refractivity contribution is 5.27. The summed E-state index contributed by atoms with van der Waals surface area (Å²) in [4.78, 5) is 2.46. The Hall–Kier alpha value is -1.06. The van der Waals surface area contributed by atoms with Crippen molar-refractivity contribution in [1.82, 2.24) is 10.2 Å². The first kappa shape index (κ1) is 17.0. The number of ether oxygens (including phenoxy) is 1. The van der Waals surface area contributed by atoms with E-state index in [1.54, 1.807) is 7.11 Å². The number of nitrogens with one attached hydrogen (secondary N) is 1. The average molecular weight is 278 g/mol. The van der Waals surface area contributed by atoms with Crippen LogP contribution in [-0.2, 0) is 6.42 Å². The molecule has 0 saturated carbocycles. The third kappa shape index (κ3) is 6.40. The molecule has 0 aliphatic heterocycles. The van der Waals surface area contributed by atoms with Crippen molar-refractivity contribution in [3.63, 3.8) is 0 Å². The van der Waals surface area contributed by atoms with Crippen molar-refractivity contribution in [3.8, 4) is 5.75 Å². The van der Waals surface area contributed by atoms with Crippen molar-refractivity contribution in [3.05, 3.63) is 29.8 Å². The van der Waals surface area contributed by atoms with Gasteiger partial charge in [-0.15, -0.1) is 0 Å². The van der Waals surface area contributed by atoms with Crippen molar-refractivity contribution in [2.75, 3.05) is 33.3 Å². The van der Waals surface area contributed by atoms with Crippen LogP contribution in [0.2, 0.25) is 0 Å². The highest BCUT2D eigenvalue weighted by atomic mass is 16.5. The topological polar surface area (TPSA) is 24.5 Å². The lowest BCUT2D eigenvalue weighted by molar-refractivity contribution is 0.271. The largest absolute Gasteiger partial charge is 0.497 e. The zero-order chi connectivity index (χ0) is 14.8. The van der Waals surface area contributed by atoms with Gasteiger partial charge in [0.05, 0.1) is 7.11 Å². The molecule has 0 radical (unpaired) electrons. The van der Waals surface area contributed by atoms with Gasteiger partial charge in [-0.25, -0.2) is 0 Å². The molecule has 3 nitrogen and oxygen atoms in total. The zero-order valence-corrected chi connectivity index (χ0v) is 13.5. The fourth-order valence-corrected chi connectivity index (χ4v) is 2.37. The minimum absolute atomic E-state index is 0.561. The molecule has 0 aliphatic rings. The molecule has 0 aromatic heterocycles. The Labute approximate surface area is 124 Å². The van der Waals surface area contributed by atoms with Gasteiger partial charge in [-0.1, -0.05) is 26.0 Å². The molecule has 1 atom stereocenters. The number of hydrogen-bond acceptors (Lipinski definition) is 3. The van der Waals surface area contributed by atoms with Crippen LogP contribution in [0.25, 0.3) is 0 Å². The Bertz CT molecular complexity index is 347. The summed E-state index contributed by atoms with van der Waals surface area (Å²) in [5.41, 5.74) is 1.38. The summed E-state index contributed by atoms with van der Waals surface area (Å²) >= 11 is 0. The number of benzene rings is 1. The van der Waals surface area contributed by atoms with E-state index in [-0.39, 0.29) is 0 Å². The fraction of sp³-hybridized carbons (Fsp3) is 0.647. The quantitative estimate of drug-likeness (QED) is 0.666. The second-order valence-electron chi connectivity index (χ2n) is 5.29. The maximum atomic E-state index is 5.17. The van der Waals surface area contributed by atoms with Gasteiger partial charge in [0.2, 0.25) is 0 Å². The first-order chi connectivity index (χ1) is 9.69. The number of likely N-dealkylation sites (N-methyl/N-ethyl adjacent to an activating group) is 1. The maximum absolute atomic E-state index is 5.17. The number of aryl methyl sites for hydroxylation is 1. The Kier molecular flexibility index (Phi) is 8.31. The summed E-state index contributed by atoms with van der Waals surface area (Å²) in [7, 11) is 1.70. The maximum Gasteiger partial charge on any atom is 0.118 e. The van der Waals surface area contributed by atoms with Gasteiger partial charge in [-0.3, -0.25) is 0 Å². The average Bonchev–Trinajstić information content (AvgIpc) is 2.49. The van der Waals surface area contributed by atoms with E-state index in [9.17, 15) is 0 Å². The number of methoxy groups -OCH3 is 1. The third-order valence-electron chi connectivity index (χ3n) is 3.72. The van der Waals surface area contributed by atoms with Crippen LogP contribution in [0.5, 0.6) is 5.75 Å². The van der Waals surface area contributed by atoms with Gasteiger partial charge in [-0.2, -0.15) is 0 Å². The lowest BCUT2D eigenvalue weighted by Crippen LogP contribution is -2.39. The molecule has 0 saturated heterocycles. The molecule has 0 spiro atoms. The third-order valence-corrected chi connectivity index (χ3v) is 3.72. The molecule has 0 fully saturated rings. The molecule has 0 heterocycles. The van der Waals surface area contributed by atoms with Crippen LogP contribution in [0.15, 0.2) is 24.3 Å². The van der Waals surface area contributed by atoms with Gasteiger partial charge in [0, 0.05) is 12.6 Å². The van der Waals surface area contributed by atoms with Crippen molar-refractivity contribution in [2.45, 2.75) is 39.7 Å². The summed E-state index contributed by atoms with van der Waals surface area (Å²) in [6.07, 6.45) is 2.30. The van der Waals surface area contributed by atoms with Gasteiger partial charge in [0.1, 0.15) is 5.75 Å². The van der Waals surface area contributed by atoms with Crippen molar-refractivity contribution in [1.29, 1.82) is 0 Å². The van der Waals surface area contributed by atoms with Crippen LogP contribution < -0.4 is 10.1 Å². The van der Waals surface area contributed by atoms with Crippen LogP contribution in [0.1, 0.15) is 32.8 Å². The Morgan fingerprint density at radius 2 is 1.80 bits per heavy atom. The Balaban J connectivity index is 2.17. The second kappa shape index (κ2) is 9.78. The van der Waals surface area contributed by atoms with Crippen LogP contribution >= 0.6 is 0 Å². The highest BCUT2D eigenvalue weighted by Crippen LogP contribution is 2.12. The van der Waals surface area contributed by atoms with Gasteiger partial charge in [-0.05, 0) is 57.1 Å². The van der Waals surface area contributed by atoms with Crippen LogP contribution in [0.4, 0.5) is 0 Å². The second-order valence-corrected chi connectivity index (χ2v) is 5.29. The Morgan fingerprint density at radius 1 is 1.15 bits per heavy atom. The van der Waals surface area contributed by atoms with Crippen LogP contribution in [0.3, 0.4) is 0 Å². The number of nitrogens with zero attached hydrogens (tertiary/aromatic N) is 1. The molecule has 0 bridgehead atoms. The van der Waals surface area contributed by atoms with Crippen LogP contribution in [-0.4, -0.2) is 44.2 Å². The molecule has 3 heteroatoms. The molecular weight excluding hydrogens is 248 g/mol. The Morgan fingerprint density at radius 3 is 2.35 bits per heavy atom. The van der Waals surface area contributed by atoms with E-state index in [4.69, 9.17) is 4.74 Å². The van der Waals surface area contributed by atoms with Gasteiger partial charge in [0.15, 0.2) is 0 Å². The predicted molar refractivity (Wildman–Crippen MR) is 86.6 cm³/mol. The minimum Gasteiger partial charge on any atom is -0.497 e. The van der Waals surface area contributed by atoms with E-state index < -0.39 is 0 Å². The van der Waals surface area contributed by atoms with E-state index in [0.717, 1.165) is 38.3 Å². The molecule has 1 N–H and O–H groups in total. The fourth-order valence-electron chi connectivity index (χ4n) is 2.37. The molecule has 1 aromatic rings. The van der Waals surface area contributed by atoms with Gasteiger partial charge < -0.3 is 15.0 Å². The van der Waals surface area contributed by atoms with E-state index in [1.807, 2.05) is 12.1 Å². The highest BCUT2D eigenvalue weighted by Gasteiger charge is 2.05. The van der Waals surface area contributed by atoms with E-state index in [0.29, 0.717) is 6.04 Å². The summed E-state index contributed by atoms with van der Waals surface area (Å²) in [6, 6.07) is 8.93. The summed E-state index contributed by atoms with van der Waals surface area (Å²) in [6.45, 7) is 11.2. The number of hydrogen-bond donors (Lipinski definition) is 1. The molecule has 114 valence electrons. The lowest BCUT2D eigenvalue weighted by atomic mass is 10.1. The first-order valence-corrected chi connectivity index (χ1v) is 7.78. The normalized spacial score (nSPS) is 12.7. The van der Waals surface area contributed by atoms with Crippen molar-refractivity contribution in [2.24, 2.45) is 0 Å². The van der Waals surface area contributed by atoms with E-state index >= 15 is 0 Å². The number of rotatable bonds is 10. The SMILES string of the molecule is CCN(CC)CC(C)NCCCc1ccc(OC)cc1. The smallest absolute Gasteiger partial charge is 0.118 e. The summed E-state index contributed by atoms with van der Waals surface area (Å²) < 4.78 is 5.17. The first-order valence-electron chi connectivity index (χ1n) is 7.78. The van der Waals surface area contributed by atoms with Crippen molar-refractivity contribution < 1.29 is 4.74 Å². The molecular formula is C17H30N2O.